The number of benzene rings is 2. The van der Waals surface area contributed by atoms with Crippen LogP contribution in [-0.2, 0) is 6.42 Å². The smallest absolute Gasteiger partial charge is 0.124 e. The summed E-state index contributed by atoms with van der Waals surface area (Å²) >= 11 is 3.44. The molecule has 0 saturated heterocycles. The Labute approximate surface area is 133 Å². The third-order valence-corrected chi connectivity index (χ3v) is 4.25. The van der Waals surface area contributed by atoms with Crippen molar-refractivity contribution in [2.75, 3.05) is 14.2 Å². The average molecular weight is 352 g/mol. The van der Waals surface area contributed by atoms with Gasteiger partial charge >= 0.3 is 0 Å². The summed E-state index contributed by atoms with van der Waals surface area (Å²) < 4.78 is 19.1. The summed E-state index contributed by atoms with van der Waals surface area (Å²) in [6, 6.07) is 13.1. The first-order chi connectivity index (χ1) is 10.1. The maximum atomic E-state index is 13.2. The Morgan fingerprint density at radius 2 is 1.90 bits per heavy atom. The van der Waals surface area contributed by atoms with Crippen molar-refractivity contribution < 1.29 is 9.13 Å². The Morgan fingerprint density at radius 1 is 1.19 bits per heavy atom. The van der Waals surface area contributed by atoms with Crippen LogP contribution in [0.2, 0.25) is 0 Å². The molecule has 0 heterocycles. The van der Waals surface area contributed by atoms with Gasteiger partial charge in [-0.15, -0.1) is 0 Å². The largest absolute Gasteiger partial charge is 0.497 e. The molecule has 0 aliphatic heterocycles. The molecule has 4 heteroatoms. The molecule has 2 aromatic rings. The maximum Gasteiger partial charge on any atom is 0.124 e. The van der Waals surface area contributed by atoms with E-state index in [1.807, 2.05) is 25.2 Å². The number of nitrogens with one attached hydrogen (secondary N) is 1. The molecule has 0 amide bonds. The van der Waals surface area contributed by atoms with Crippen LogP contribution in [0, 0.1) is 5.82 Å². The van der Waals surface area contributed by atoms with E-state index >= 15 is 0 Å². The highest BCUT2D eigenvalue weighted by Gasteiger charge is 2.13. The first kappa shape index (κ1) is 16.0. The lowest BCUT2D eigenvalue weighted by molar-refractivity contribution is 0.414. The summed E-state index contributed by atoms with van der Waals surface area (Å²) in [6.45, 7) is 0. The number of hydrogen-bond donors (Lipinski definition) is 1. The number of methoxy groups -OCH3 is 1. The molecule has 1 atom stereocenters. The minimum Gasteiger partial charge on any atom is -0.497 e. The van der Waals surface area contributed by atoms with E-state index in [1.54, 1.807) is 7.11 Å². The Hall–Kier alpha value is -1.39. The lowest BCUT2D eigenvalue weighted by Crippen LogP contribution is -2.17. The zero-order valence-electron chi connectivity index (χ0n) is 12.2. The Kier molecular flexibility index (Phi) is 5.76. The fourth-order valence-corrected chi connectivity index (χ4v) is 2.97. The lowest BCUT2D eigenvalue weighted by Gasteiger charge is -2.18. The Bertz CT molecular complexity index is 586. The van der Waals surface area contributed by atoms with Crippen LogP contribution in [0.15, 0.2) is 46.9 Å². The number of aryl methyl sites for hydroxylation is 1. The second-order valence-electron chi connectivity index (χ2n) is 4.89. The highest BCUT2D eigenvalue weighted by molar-refractivity contribution is 9.10. The summed E-state index contributed by atoms with van der Waals surface area (Å²) in [5, 5.41) is 3.29. The minimum atomic E-state index is -0.226. The van der Waals surface area contributed by atoms with Crippen molar-refractivity contribution in [1.82, 2.24) is 5.32 Å². The molecule has 0 aliphatic rings. The summed E-state index contributed by atoms with van der Waals surface area (Å²) in [5.41, 5.74) is 2.33. The minimum absolute atomic E-state index is 0.182. The van der Waals surface area contributed by atoms with Crippen LogP contribution in [0.5, 0.6) is 5.75 Å². The zero-order chi connectivity index (χ0) is 15.2. The van der Waals surface area contributed by atoms with Gasteiger partial charge in [-0.2, -0.15) is 0 Å². The molecule has 0 bridgehead atoms. The Morgan fingerprint density at radius 3 is 2.48 bits per heavy atom. The molecule has 2 rings (SSSR count). The predicted octanol–water partition coefficient (Wildman–Crippen LogP) is 4.49. The molecule has 0 aliphatic carbocycles. The van der Waals surface area contributed by atoms with E-state index in [9.17, 15) is 4.39 Å². The van der Waals surface area contributed by atoms with Crippen molar-refractivity contribution >= 4 is 15.9 Å². The topological polar surface area (TPSA) is 21.3 Å². The van der Waals surface area contributed by atoms with Gasteiger partial charge < -0.3 is 10.1 Å². The van der Waals surface area contributed by atoms with E-state index in [-0.39, 0.29) is 11.9 Å². The van der Waals surface area contributed by atoms with E-state index in [1.165, 1.54) is 17.7 Å². The average Bonchev–Trinajstić information content (AvgIpc) is 2.50. The first-order valence-electron chi connectivity index (χ1n) is 6.89. The van der Waals surface area contributed by atoms with Gasteiger partial charge in [0.25, 0.3) is 0 Å². The van der Waals surface area contributed by atoms with E-state index in [4.69, 9.17) is 4.74 Å². The monoisotopic (exact) mass is 351 g/mol. The number of ether oxygens (including phenoxy) is 1. The van der Waals surface area contributed by atoms with Crippen molar-refractivity contribution in [1.29, 1.82) is 0 Å². The summed E-state index contributed by atoms with van der Waals surface area (Å²) in [4.78, 5) is 0. The molecule has 0 fully saturated rings. The van der Waals surface area contributed by atoms with Crippen LogP contribution >= 0.6 is 15.9 Å². The molecule has 112 valence electrons. The molecule has 1 N–H and O–H groups in total. The molecule has 0 aromatic heterocycles. The molecule has 0 saturated carbocycles. The van der Waals surface area contributed by atoms with Crippen LogP contribution in [0.3, 0.4) is 0 Å². The molecule has 2 aromatic carbocycles. The maximum absolute atomic E-state index is 13.2. The highest BCUT2D eigenvalue weighted by Crippen LogP contribution is 2.27. The van der Waals surface area contributed by atoms with Crippen molar-refractivity contribution in [2.45, 2.75) is 18.9 Å². The van der Waals surface area contributed by atoms with Crippen LogP contribution in [0.4, 0.5) is 4.39 Å². The second kappa shape index (κ2) is 7.57. The molecular weight excluding hydrogens is 333 g/mol. The van der Waals surface area contributed by atoms with Gasteiger partial charge in [0.2, 0.25) is 0 Å². The van der Waals surface area contributed by atoms with E-state index in [0.717, 1.165) is 28.6 Å². The molecular formula is C17H19BrFNO. The van der Waals surface area contributed by atoms with Gasteiger partial charge in [0.05, 0.1) is 7.11 Å². The number of rotatable bonds is 6. The predicted molar refractivity (Wildman–Crippen MR) is 87.2 cm³/mol. The normalized spacial score (nSPS) is 12.2. The second-order valence-corrected chi connectivity index (χ2v) is 5.75. The Balaban J connectivity index is 2.04. The quantitative estimate of drug-likeness (QED) is 0.827. The standard InChI is InChI=1S/C17H19BrFNO/c1-20-17(15-9-6-13(19)11-16(15)18)10-5-12-3-7-14(21-2)8-4-12/h3-4,6-9,11,17,20H,5,10H2,1-2H3. The van der Waals surface area contributed by atoms with Crippen molar-refractivity contribution in [3.8, 4) is 5.75 Å². The highest BCUT2D eigenvalue weighted by atomic mass is 79.9. The third-order valence-electron chi connectivity index (χ3n) is 3.57. The van der Waals surface area contributed by atoms with Crippen molar-refractivity contribution in [3.63, 3.8) is 0 Å². The molecule has 2 nitrogen and oxygen atoms in total. The van der Waals surface area contributed by atoms with E-state index < -0.39 is 0 Å². The van der Waals surface area contributed by atoms with Crippen LogP contribution in [-0.4, -0.2) is 14.2 Å². The van der Waals surface area contributed by atoms with Gasteiger partial charge in [-0.25, -0.2) is 4.39 Å². The van der Waals surface area contributed by atoms with Crippen LogP contribution in [0.25, 0.3) is 0 Å². The van der Waals surface area contributed by atoms with Crippen LogP contribution < -0.4 is 10.1 Å². The van der Waals surface area contributed by atoms with Gasteiger partial charge in [-0.1, -0.05) is 34.1 Å². The summed E-state index contributed by atoms with van der Waals surface area (Å²) in [6.07, 6.45) is 1.88. The van der Waals surface area contributed by atoms with Gasteiger partial charge in [-0.3, -0.25) is 0 Å². The molecule has 0 spiro atoms. The van der Waals surface area contributed by atoms with Crippen LogP contribution in [0.1, 0.15) is 23.6 Å². The fourth-order valence-electron chi connectivity index (χ4n) is 2.34. The summed E-state index contributed by atoms with van der Waals surface area (Å²) in [5.74, 6) is 0.640. The molecule has 0 radical (unpaired) electrons. The first-order valence-corrected chi connectivity index (χ1v) is 7.68. The fraction of sp³-hybridized carbons (Fsp3) is 0.294. The number of hydrogen-bond acceptors (Lipinski definition) is 2. The summed E-state index contributed by atoms with van der Waals surface area (Å²) in [7, 11) is 3.59. The van der Waals surface area contributed by atoms with E-state index in [0.29, 0.717) is 0 Å². The third kappa shape index (κ3) is 4.29. The van der Waals surface area contributed by atoms with Crippen molar-refractivity contribution in [2.24, 2.45) is 0 Å². The van der Waals surface area contributed by atoms with Gasteiger partial charge in [0, 0.05) is 10.5 Å². The van der Waals surface area contributed by atoms with Gasteiger partial charge in [-0.05, 0) is 55.3 Å². The zero-order valence-corrected chi connectivity index (χ0v) is 13.8. The van der Waals surface area contributed by atoms with E-state index in [2.05, 4.69) is 33.4 Å². The SMILES string of the molecule is CNC(CCc1ccc(OC)cc1)c1ccc(F)cc1Br. The van der Waals surface area contributed by atoms with Crippen molar-refractivity contribution in [3.05, 3.63) is 63.9 Å². The van der Waals surface area contributed by atoms with Gasteiger partial charge in [0.15, 0.2) is 0 Å². The lowest BCUT2D eigenvalue weighted by atomic mass is 9.99. The molecule has 1 unspecified atom stereocenters. The number of halogens is 2. The molecule has 21 heavy (non-hydrogen) atoms. The van der Waals surface area contributed by atoms with Gasteiger partial charge in [0.1, 0.15) is 11.6 Å².